The maximum atomic E-state index is 12.7. The van der Waals surface area contributed by atoms with Crippen LogP contribution in [-0.4, -0.2) is 67.5 Å². The van der Waals surface area contributed by atoms with Crippen LogP contribution >= 0.6 is 15.9 Å². The van der Waals surface area contributed by atoms with Crippen molar-refractivity contribution in [3.05, 3.63) is 58.8 Å². The summed E-state index contributed by atoms with van der Waals surface area (Å²) in [5.41, 5.74) is 3.11. The van der Waals surface area contributed by atoms with Crippen molar-refractivity contribution in [2.24, 2.45) is 5.10 Å². The Morgan fingerprint density at radius 1 is 1.14 bits per heavy atom. The molecule has 8 nitrogen and oxygen atoms in total. The van der Waals surface area contributed by atoms with Gasteiger partial charge in [0.15, 0.2) is 0 Å². The van der Waals surface area contributed by atoms with Gasteiger partial charge in [-0.15, -0.1) is 0 Å². The van der Waals surface area contributed by atoms with Gasteiger partial charge in [0.1, 0.15) is 0 Å². The van der Waals surface area contributed by atoms with Gasteiger partial charge >= 0.3 is 0 Å². The molecule has 0 unspecified atom stereocenters. The number of nitrogens with one attached hydrogen (secondary N) is 1. The number of sulfonamides is 1. The molecule has 148 valence electrons. The minimum absolute atomic E-state index is 0.158. The third-order valence-electron chi connectivity index (χ3n) is 4.22. The van der Waals surface area contributed by atoms with Crippen molar-refractivity contribution < 1.29 is 13.2 Å². The van der Waals surface area contributed by atoms with Gasteiger partial charge in [0.05, 0.1) is 23.3 Å². The number of rotatable bonds is 6. The monoisotopic (exact) mass is 465 g/mol. The van der Waals surface area contributed by atoms with Crippen LogP contribution in [0.15, 0.2) is 63.1 Å². The first kappa shape index (κ1) is 20.6. The number of hydrogen-bond acceptors (Lipinski definition) is 6. The second-order valence-corrected chi connectivity index (χ2v) is 9.04. The zero-order valence-electron chi connectivity index (χ0n) is 15.0. The van der Waals surface area contributed by atoms with E-state index >= 15 is 0 Å². The first-order valence-corrected chi connectivity index (χ1v) is 10.9. The van der Waals surface area contributed by atoms with Crippen molar-refractivity contribution in [1.82, 2.24) is 19.6 Å². The van der Waals surface area contributed by atoms with Gasteiger partial charge in [-0.1, -0.05) is 22.0 Å². The van der Waals surface area contributed by atoms with E-state index in [1.165, 1.54) is 10.5 Å². The minimum Gasteiger partial charge on any atom is -0.292 e. The van der Waals surface area contributed by atoms with Gasteiger partial charge in [-0.25, -0.2) is 13.8 Å². The van der Waals surface area contributed by atoms with E-state index < -0.39 is 10.0 Å². The maximum absolute atomic E-state index is 12.7. The van der Waals surface area contributed by atoms with Crippen LogP contribution in [0.4, 0.5) is 0 Å². The number of nitrogens with zero attached hydrogens (tertiary/aromatic N) is 4. The third kappa shape index (κ3) is 5.44. The molecule has 1 aromatic heterocycles. The van der Waals surface area contributed by atoms with E-state index in [0.29, 0.717) is 31.9 Å². The second-order valence-electron chi connectivity index (χ2n) is 6.18. The predicted octanol–water partition coefficient (Wildman–Crippen LogP) is 1.30. The molecule has 0 saturated carbocycles. The summed E-state index contributed by atoms with van der Waals surface area (Å²) in [6.45, 7) is 1.79. The summed E-state index contributed by atoms with van der Waals surface area (Å²) in [5, 5.41) is 3.88. The summed E-state index contributed by atoms with van der Waals surface area (Å²) < 4.78 is 27.7. The first-order valence-electron chi connectivity index (χ1n) is 8.66. The van der Waals surface area contributed by atoms with E-state index in [9.17, 15) is 13.2 Å². The molecule has 10 heteroatoms. The summed E-state index contributed by atoms with van der Waals surface area (Å²) in [6, 6.07) is 12.0. The topological polar surface area (TPSA) is 95.0 Å². The molecule has 1 N–H and O–H groups in total. The molecule has 1 aromatic carbocycles. The van der Waals surface area contributed by atoms with Gasteiger partial charge in [0.2, 0.25) is 10.0 Å². The van der Waals surface area contributed by atoms with Crippen LogP contribution < -0.4 is 5.43 Å². The van der Waals surface area contributed by atoms with Crippen LogP contribution in [0.1, 0.15) is 5.69 Å². The molecule has 0 bridgehead atoms. The molecule has 28 heavy (non-hydrogen) atoms. The van der Waals surface area contributed by atoms with Crippen molar-refractivity contribution in [3.8, 4) is 0 Å². The average Bonchev–Trinajstić information content (AvgIpc) is 2.69. The molecule has 2 aromatic rings. The predicted molar refractivity (Wildman–Crippen MR) is 109 cm³/mol. The van der Waals surface area contributed by atoms with E-state index in [1.807, 2.05) is 11.0 Å². The zero-order chi connectivity index (χ0) is 20.0. The Morgan fingerprint density at radius 3 is 2.50 bits per heavy atom. The Hall–Kier alpha value is -2.14. The number of amides is 1. The van der Waals surface area contributed by atoms with Crippen LogP contribution in [0, 0.1) is 0 Å². The van der Waals surface area contributed by atoms with Crippen molar-refractivity contribution in [1.29, 1.82) is 0 Å². The molecule has 1 fully saturated rings. The summed E-state index contributed by atoms with van der Waals surface area (Å²) >= 11 is 3.30. The summed E-state index contributed by atoms with van der Waals surface area (Å²) in [7, 11) is -3.52. The Bertz CT molecular complexity index is 927. The van der Waals surface area contributed by atoms with Crippen LogP contribution in [-0.2, 0) is 14.8 Å². The molecule has 1 amide bonds. The lowest BCUT2D eigenvalue weighted by molar-refractivity contribution is -0.122. The van der Waals surface area contributed by atoms with E-state index in [-0.39, 0.29) is 17.3 Å². The molecule has 0 aliphatic carbocycles. The highest BCUT2D eigenvalue weighted by molar-refractivity contribution is 9.10. The molecule has 0 radical (unpaired) electrons. The van der Waals surface area contributed by atoms with Crippen LogP contribution in [0.25, 0.3) is 0 Å². The number of hydrogen-bond donors (Lipinski definition) is 1. The lowest BCUT2D eigenvalue weighted by Crippen LogP contribution is -2.50. The summed E-state index contributed by atoms with van der Waals surface area (Å²) in [4.78, 5) is 18.3. The van der Waals surface area contributed by atoms with Gasteiger partial charge < -0.3 is 0 Å². The van der Waals surface area contributed by atoms with Gasteiger partial charge in [-0.3, -0.25) is 14.7 Å². The number of aromatic nitrogens is 1. The highest BCUT2D eigenvalue weighted by Crippen LogP contribution is 2.20. The number of hydrazone groups is 1. The number of halogens is 1. The maximum Gasteiger partial charge on any atom is 0.254 e. The minimum atomic E-state index is -3.52. The van der Waals surface area contributed by atoms with E-state index in [0.717, 1.165) is 4.47 Å². The molecule has 1 aliphatic heterocycles. The zero-order valence-corrected chi connectivity index (χ0v) is 17.4. The summed E-state index contributed by atoms with van der Waals surface area (Å²) in [6.07, 6.45) is 3.12. The van der Waals surface area contributed by atoms with Gasteiger partial charge in [0, 0.05) is 36.8 Å². The molecule has 1 aliphatic rings. The number of carbonyl (C=O) groups excluding carboxylic acids is 1. The second kappa shape index (κ2) is 9.37. The number of pyridine rings is 1. The van der Waals surface area contributed by atoms with Crippen molar-refractivity contribution in [2.45, 2.75) is 4.90 Å². The van der Waals surface area contributed by atoms with Gasteiger partial charge in [-0.2, -0.15) is 9.41 Å². The van der Waals surface area contributed by atoms with Gasteiger partial charge in [-0.05, 0) is 36.4 Å². The largest absolute Gasteiger partial charge is 0.292 e. The van der Waals surface area contributed by atoms with Crippen LogP contribution in [0.3, 0.4) is 0 Å². The molecule has 0 atom stereocenters. The normalized spacial score (nSPS) is 16.3. The lowest BCUT2D eigenvalue weighted by Gasteiger charge is -2.33. The lowest BCUT2D eigenvalue weighted by atomic mass is 10.3. The smallest absolute Gasteiger partial charge is 0.254 e. The van der Waals surface area contributed by atoms with E-state index in [4.69, 9.17) is 0 Å². The van der Waals surface area contributed by atoms with Crippen LogP contribution in [0.2, 0.25) is 0 Å². The fourth-order valence-corrected chi connectivity index (χ4v) is 4.43. The third-order valence-corrected chi connectivity index (χ3v) is 6.67. The Labute approximate surface area is 172 Å². The standard InChI is InChI=1S/C18H20BrN5O3S/c19-15-4-6-17(7-5-15)28(26,27)24-11-9-23(10-12-24)14-18(25)22-21-13-16-3-1-2-8-20-16/h1-8,13H,9-12,14H2,(H,22,25)/b21-13-. The quantitative estimate of drug-likeness (QED) is 0.512. The highest BCUT2D eigenvalue weighted by atomic mass is 79.9. The number of benzene rings is 1. The van der Waals surface area contributed by atoms with Gasteiger partial charge in [0.25, 0.3) is 5.91 Å². The summed E-state index contributed by atoms with van der Waals surface area (Å²) in [5.74, 6) is -0.253. The molecule has 3 rings (SSSR count). The Balaban J connectivity index is 1.48. The number of piperazine rings is 1. The Kier molecular flexibility index (Phi) is 6.89. The fourth-order valence-electron chi connectivity index (χ4n) is 2.74. The highest BCUT2D eigenvalue weighted by Gasteiger charge is 2.28. The molecule has 1 saturated heterocycles. The van der Waals surface area contributed by atoms with Crippen LogP contribution in [0.5, 0.6) is 0 Å². The first-order chi connectivity index (χ1) is 13.4. The average molecular weight is 466 g/mol. The molecule has 2 heterocycles. The number of carbonyl (C=O) groups is 1. The van der Waals surface area contributed by atoms with Crippen molar-refractivity contribution in [2.75, 3.05) is 32.7 Å². The fraction of sp³-hybridized carbons (Fsp3) is 0.278. The van der Waals surface area contributed by atoms with E-state index in [2.05, 4.69) is 31.4 Å². The Morgan fingerprint density at radius 2 is 1.86 bits per heavy atom. The molecule has 0 spiro atoms. The van der Waals surface area contributed by atoms with Crippen molar-refractivity contribution in [3.63, 3.8) is 0 Å². The van der Waals surface area contributed by atoms with Crippen molar-refractivity contribution >= 4 is 38.1 Å². The van der Waals surface area contributed by atoms with E-state index in [1.54, 1.807) is 42.6 Å². The molecular weight excluding hydrogens is 446 g/mol. The molecular formula is C18H20BrN5O3S. The SMILES string of the molecule is O=C(CN1CCN(S(=O)(=O)c2ccc(Br)cc2)CC1)N/N=C\c1ccccn1.